The van der Waals surface area contributed by atoms with Crippen molar-refractivity contribution in [3.63, 3.8) is 0 Å². The SMILES string of the molecule is Cc1cc2oc(=O)cc(C)c2cc1NC(=O)[C@@H](O)Cc1ccccc1. The second-order valence-corrected chi connectivity index (χ2v) is 6.11. The first-order valence-electron chi connectivity index (χ1n) is 8.02. The van der Waals surface area contributed by atoms with Gasteiger partial charge in [0.2, 0.25) is 0 Å². The summed E-state index contributed by atoms with van der Waals surface area (Å²) in [5.74, 6) is -0.471. The third kappa shape index (κ3) is 3.78. The van der Waals surface area contributed by atoms with Crippen LogP contribution in [0.25, 0.3) is 11.0 Å². The number of aliphatic hydroxyl groups excluding tert-OH is 1. The van der Waals surface area contributed by atoms with Gasteiger partial charge in [0.1, 0.15) is 11.7 Å². The third-order valence-electron chi connectivity index (χ3n) is 4.13. The van der Waals surface area contributed by atoms with E-state index in [1.165, 1.54) is 6.07 Å². The van der Waals surface area contributed by atoms with Crippen LogP contribution in [0.4, 0.5) is 5.69 Å². The van der Waals surface area contributed by atoms with E-state index < -0.39 is 17.6 Å². The molecule has 1 atom stereocenters. The Bertz CT molecular complexity index is 976. The van der Waals surface area contributed by atoms with Crippen molar-refractivity contribution in [1.29, 1.82) is 0 Å². The minimum absolute atomic E-state index is 0.243. The van der Waals surface area contributed by atoms with E-state index in [4.69, 9.17) is 4.42 Å². The van der Waals surface area contributed by atoms with Gasteiger partial charge in [0.15, 0.2) is 0 Å². The van der Waals surface area contributed by atoms with Gasteiger partial charge in [-0.15, -0.1) is 0 Å². The molecule has 0 fully saturated rings. The molecule has 5 nitrogen and oxygen atoms in total. The zero-order valence-electron chi connectivity index (χ0n) is 14.1. The number of rotatable bonds is 4. The van der Waals surface area contributed by atoms with Crippen molar-refractivity contribution < 1.29 is 14.3 Å². The molecule has 0 aliphatic heterocycles. The van der Waals surface area contributed by atoms with E-state index in [9.17, 15) is 14.7 Å². The van der Waals surface area contributed by atoms with E-state index in [1.807, 2.05) is 37.3 Å². The van der Waals surface area contributed by atoms with Crippen LogP contribution in [0.1, 0.15) is 16.7 Å². The van der Waals surface area contributed by atoms with Crippen molar-refractivity contribution in [2.24, 2.45) is 0 Å². The van der Waals surface area contributed by atoms with Crippen LogP contribution in [0.5, 0.6) is 0 Å². The molecule has 0 bridgehead atoms. The second-order valence-electron chi connectivity index (χ2n) is 6.11. The lowest BCUT2D eigenvalue weighted by atomic mass is 10.1. The molecular formula is C20H19NO4. The van der Waals surface area contributed by atoms with E-state index in [2.05, 4.69) is 5.32 Å². The summed E-state index contributed by atoms with van der Waals surface area (Å²) in [6, 6.07) is 14.2. The monoisotopic (exact) mass is 337 g/mol. The molecule has 3 aromatic rings. The fourth-order valence-corrected chi connectivity index (χ4v) is 2.75. The van der Waals surface area contributed by atoms with E-state index in [0.717, 1.165) is 22.1 Å². The molecular weight excluding hydrogens is 318 g/mol. The fourth-order valence-electron chi connectivity index (χ4n) is 2.75. The fraction of sp³-hybridized carbons (Fsp3) is 0.200. The van der Waals surface area contributed by atoms with Gasteiger partial charge in [-0.1, -0.05) is 30.3 Å². The van der Waals surface area contributed by atoms with Gasteiger partial charge in [0.05, 0.1) is 0 Å². The lowest BCUT2D eigenvalue weighted by Crippen LogP contribution is -2.29. The summed E-state index contributed by atoms with van der Waals surface area (Å²) in [5.41, 5.74) is 3.07. The Labute approximate surface area is 144 Å². The van der Waals surface area contributed by atoms with Crippen LogP contribution in [0.15, 0.2) is 57.7 Å². The molecule has 2 N–H and O–H groups in total. The molecule has 128 valence electrons. The summed E-state index contributed by atoms with van der Waals surface area (Å²) < 4.78 is 5.19. The number of anilines is 1. The van der Waals surface area contributed by atoms with Crippen LogP contribution in [0, 0.1) is 13.8 Å². The topological polar surface area (TPSA) is 79.5 Å². The number of carbonyl (C=O) groups is 1. The lowest BCUT2D eigenvalue weighted by Gasteiger charge is -2.14. The Hall–Kier alpha value is -2.92. The summed E-state index contributed by atoms with van der Waals surface area (Å²) in [6.07, 6.45) is -0.903. The molecule has 0 saturated heterocycles. The molecule has 0 aliphatic carbocycles. The first kappa shape index (κ1) is 16.9. The average molecular weight is 337 g/mol. The summed E-state index contributed by atoms with van der Waals surface area (Å²) in [7, 11) is 0. The smallest absolute Gasteiger partial charge is 0.336 e. The number of nitrogens with one attached hydrogen (secondary N) is 1. The summed E-state index contributed by atoms with van der Waals surface area (Å²) in [4.78, 5) is 23.8. The van der Waals surface area contributed by atoms with Gasteiger partial charge in [-0.3, -0.25) is 4.79 Å². The minimum Gasteiger partial charge on any atom is -0.423 e. The Balaban J connectivity index is 1.83. The van der Waals surface area contributed by atoms with Gasteiger partial charge in [0, 0.05) is 23.6 Å². The maximum absolute atomic E-state index is 12.3. The van der Waals surface area contributed by atoms with Crippen LogP contribution < -0.4 is 10.9 Å². The van der Waals surface area contributed by atoms with Gasteiger partial charge >= 0.3 is 5.63 Å². The van der Waals surface area contributed by atoms with Gasteiger partial charge in [-0.2, -0.15) is 0 Å². The third-order valence-corrected chi connectivity index (χ3v) is 4.13. The number of amides is 1. The number of hydrogen-bond acceptors (Lipinski definition) is 4. The first-order valence-corrected chi connectivity index (χ1v) is 8.02. The normalized spacial score (nSPS) is 12.1. The van der Waals surface area contributed by atoms with Gasteiger partial charge < -0.3 is 14.8 Å². The summed E-state index contributed by atoms with van der Waals surface area (Å²) >= 11 is 0. The quantitative estimate of drug-likeness (QED) is 0.717. The maximum atomic E-state index is 12.3. The Morgan fingerprint density at radius 1 is 1.12 bits per heavy atom. The van der Waals surface area contributed by atoms with E-state index in [1.54, 1.807) is 19.1 Å². The molecule has 0 aliphatic rings. The largest absolute Gasteiger partial charge is 0.423 e. The molecule has 0 spiro atoms. The van der Waals surface area contributed by atoms with Crippen LogP contribution in [-0.4, -0.2) is 17.1 Å². The summed E-state index contributed by atoms with van der Waals surface area (Å²) in [5, 5.41) is 13.7. The summed E-state index contributed by atoms with van der Waals surface area (Å²) in [6.45, 7) is 3.62. The highest BCUT2D eigenvalue weighted by atomic mass is 16.4. The molecule has 0 saturated carbocycles. The molecule has 5 heteroatoms. The predicted molar refractivity (Wildman–Crippen MR) is 96.7 cm³/mol. The van der Waals surface area contributed by atoms with Crippen molar-refractivity contribution in [2.45, 2.75) is 26.4 Å². The Morgan fingerprint density at radius 2 is 1.84 bits per heavy atom. The van der Waals surface area contributed by atoms with Crippen molar-refractivity contribution in [1.82, 2.24) is 0 Å². The molecule has 3 rings (SSSR count). The first-order chi connectivity index (χ1) is 11.9. The van der Waals surface area contributed by atoms with E-state index in [0.29, 0.717) is 11.3 Å². The molecule has 1 amide bonds. The number of fused-ring (bicyclic) bond motifs is 1. The van der Waals surface area contributed by atoms with Crippen molar-refractivity contribution in [3.8, 4) is 0 Å². The number of benzene rings is 2. The number of carbonyl (C=O) groups excluding carboxylic acids is 1. The highest BCUT2D eigenvalue weighted by Crippen LogP contribution is 2.25. The maximum Gasteiger partial charge on any atom is 0.336 e. The molecule has 25 heavy (non-hydrogen) atoms. The minimum atomic E-state index is -1.15. The number of aliphatic hydroxyl groups is 1. The molecule has 1 aromatic heterocycles. The van der Waals surface area contributed by atoms with Gasteiger partial charge in [-0.05, 0) is 42.7 Å². The number of hydrogen-bond donors (Lipinski definition) is 2. The highest BCUT2D eigenvalue weighted by molar-refractivity contribution is 5.97. The van der Waals surface area contributed by atoms with Gasteiger partial charge in [-0.25, -0.2) is 4.79 Å². The Morgan fingerprint density at radius 3 is 2.56 bits per heavy atom. The molecule has 1 heterocycles. The van der Waals surface area contributed by atoms with Crippen LogP contribution in [0.2, 0.25) is 0 Å². The van der Waals surface area contributed by atoms with Crippen molar-refractivity contribution >= 4 is 22.6 Å². The average Bonchev–Trinajstić information content (AvgIpc) is 2.56. The lowest BCUT2D eigenvalue weighted by molar-refractivity contribution is -0.123. The van der Waals surface area contributed by atoms with Crippen LogP contribution >= 0.6 is 0 Å². The van der Waals surface area contributed by atoms with Crippen molar-refractivity contribution in [2.75, 3.05) is 5.32 Å². The molecule has 0 radical (unpaired) electrons. The van der Waals surface area contributed by atoms with Crippen LogP contribution in [0.3, 0.4) is 0 Å². The predicted octanol–water partition coefficient (Wildman–Crippen LogP) is 2.95. The van der Waals surface area contributed by atoms with E-state index in [-0.39, 0.29) is 6.42 Å². The molecule has 0 unspecified atom stereocenters. The standard InChI is InChI=1S/C20H19NO4/c1-12-9-19(23)25-18-8-13(2)16(11-15(12)18)21-20(24)17(22)10-14-6-4-3-5-7-14/h3-9,11,17,22H,10H2,1-2H3,(H,21,24)/t17-/m0/s1. The van der Waals surface area contributed by atoms with Crippen molar-refractivity contribution in [3.05, 3.63) is 75.6 Å². The van der Waals surface area contributed by atoms with E-state index >= 15 is 0 Å². The number of aryl methyl sites for hydroxylation is 2. The zero-order chi connectivity index (χ0) is 18.0. The second kappa shape index (κ2) is 6.91. The molecule has 2 aromatic carbocycles. The Kier molecular flexibility index (Phi) is 4.67. The van der Waals surface area contributed by atoms with Crippen LogP contribution in [-0.2, 0) is 11.2 Å². The van der Waals surface area contributed by atoms with Gasteiger partial charge in [0.25, 0.3) is 5.91 Å². The zero-order valence-corrected chi connectivity index (χ0v) is 14.1. The highest BCUT2D eigenvalue weighted by Gasteiger charge is 2.17.